The number of halogens is 1. The molecule has 1 aliphatic rings. The number of likely N-dealkylation sites (tertiary alicyclic amines) is 1. The molecule has 0 radical (unpaired) electrons. The quantitative estimate of drug-likeness (QED) is 0.449. The molecule has 3 rings (SSSR count). The second kappa shape index (κ2) is 11.7. The minimum absolute atomic E-state index is 0.0645. The van der Waals surface area contributed by atoms with Crippen LogP contribution in [0.1, 0.15) is 45.4 Å². The molecule has 1 aromatic heterocycles. The summed E-state index contributed by atoms with van der Waals surface area (Å²) in [4.78, 5) is 26.3. The normalized spacial score (nSPS) is 14.1. The molecule has 8 nitrogen and oxygen atoms in total. The van der Waals surface area contributed by atoms with Crippen LogP contribution in [-0.2, 0) is 26.2 Å². The third kappa shape index (κ3) is 7.04. The monoisotopic (exact) mass is 494 g/mol. The number of aryl methyl sites for hydroxylation is 1. The van der Waals surface area contributed by atoms with E-state index in [0.29, 0.717) is 50.3 Å². The maximum absolute atomic E-state index is 12.8. The van der Waals surface area contributed by atoms with Gasteiger partial charge >= 0.3 is 0 Å². The first kappa shape index (κ1) is 25.2. The van der Waals surface area contributed by atoms with E-state index < -0.39 is 15.9 Å². The van der Waals surface area contributed by atoms with Gasteiger partial charge in [0, 0.05) is 55.8 Å². The molecule has 0 spiro atoms. The largest absolute Gasteiger partial charge is 0.343 e. The number of hydrogen-bond acceptors (Lipinski definition) is 5. The SMILES string of the molecule is CCCS(=O)(=O)N(CCCN1CCCC1=O)C(=O)CCCn1ccc(-c2ccc(Cl)cc2)n1. The van der Waals surface area contributed by atoms with E-state index in [1.165, 1.54) is 0 Å². The van der Waals surface area contributed by atoms with E-state index in [0.717, 1.165) is 22.0 Å². The lowest BCUT2D eigenvalue weighted by Crippen LogP contribution is -2.40. The van der Waals surface area contributed by atoms with Gasteiger partial charge in [-0.05, 0) is 43.9 Å². The first-order valence-corrected chi connectivity index (χ1v) is 13.4. The van der Waals surface area contributed by atoms with Crippen LogP contribution >= 0.6 is 11.6 Å². The Morgan fingerprint density at radius 1 is 1.15 bits per heavy atom. The van der Waals surface area contributed by atoms with Gasteiger partial charge in [0.1, 0.15) is 0 Å². The highest BCUT2D eigenvalue weighted by molar-refractivity contribution is 7.89. The van der Waals surface area contributed by atoms with Crippen molar-refractivity contribution in [1.82, 2.24) is 19.0 Å². The second-order valence-electron chi connectivity index (χ2n) is 8.19. The molecular formula is C23H31ClN4O4S. The summed E-state index contributed by atoms with van der Waals surface area (Å²) < 4.78 is 28.1. The molecule has 10 heteroatoms. The molecule has 2 amide bonds. The van der Waals surface area contributed by atoms with Crippen LogP contribution in [0.4, 0.5) is 0 Å². The molecule has 33 heavy (non-hydrogen) atoms. The van der Waals surface area contributed by atoms with Gasteiger partial charge in [-0.15, -0.1) is 0 Å². The Morgan fingerprint density at radius 3 is 2.58 bits per heavy atom. The predicted molar refractivity (Wildman–Crippen MR) is 128 cm³/mol. The summed E-state index contributed by atoms with van der Waals surface area (Å²) in [6.07, 6.45) is 4.70. The van der Waals surface area contributed by atoms with Crippen LogP contribution in [0, 0.1) is 0 Å². The molecule has 1 fully saturated rings. The molecule has 2 heterocycles. The number of nitrogens with zero attached hydrogens (tertiary/aromatic N) is 4. The number of benzene rings is 1. The van der Waals surface area contributed by atoms with Crippen molar-refractivity contribution < 1.29 is 18.0 Å². The Bertz CT molecular complexity index is 1050. The third-order valence-electron chi connectivity index (χ3n) is 5.60. The lowest BCUT2D eigenvalue weighted by Gasteiger charge is -2.24. The zero-order valence-electron chi connectivity index (χ0n) is 19.0. The maximum atomic E-state index is 12.8. The van der Waals surface area contributed by atoms with E-state index in [9.17, 15) is 18.0 Å². The molecule has 2 aromatic rings. The van der Waals surface area contributed by atoms with E-state index in [1.54, 1.807) is 28.6 Å². The molecule has 0 saturated carbocycles. The zero-order valence-corrected chi connectivity index (χ0v) is 20.5. The summed E-state index contributed by atoms with van der Waals surface area (Å²) >= 11 is 5.93. The zero-order chi connectivity index (χ0) is 23.8. The van der Waals surface area contributed by atoms with Crippen molar-refractivity contribution in [3.05, 3.63) is 41.6 Å². The lowest BCUT2D eigenvalue weighted by molar-refractivity contribution is -0.127. The minimum atomic E-state index is -3.66. The summed E-state index contributed by atoms with van der Waals surface area (Å²) in [6.45, 7) is 3.57. The summed E-state index contributed by atoms with van der Waals surface area (Å²) in [7, 11) is -3.66. The van der Waals surface area contributed by atoms with Crippen LogP contribution in [0.2, 0.25) is 5.02 Å². The van der Waals surface area contributed by atoms with E-state index in [4.69, 9.17) is 11.6 Å². The van der Waals surface area contributed by atoms with E-state index in [2.05, 4.69) is 5.10 Å². The molecule has 0 unspecified atom stereocenters. The fourth-order valence-corrected chi connectivity index (χ4v) is 5.58. The Balaban J connectivity index is 1.54. The van der Waals surface area contributed by atoms with Crippen LogP contribution in [0.25, 0.3) is 11.3 Å². The highest BCUT2D eigenvalue weighted by Gasteiger charge is 2.27. The minimum Gasteiger partial charge on any atom is -0.343 e. The number of aromatic nitrogens is 2. The summed E-state index contributed by atoms with van der Waals surface area (Å²) in [6, 6.07) is 9.29. The topological polar surface area (TPSA) is 92.6 Å². The van der Waals surface area contributed by atoms with Gasteiger partial charge in [0.05, 0.1) is 11.4 Å². The number of amides is 2. The van der Waals surface area contributed by atoms with E-state index in [-0.39, 0.29) is 24.6 Å². The molecule has 0 bridgehead atoms. The Kier molecular flexibility index (Phi) is 8.91. The standard InChI is InChI=1S/C23H31ClN4O4S/c1-2-18-33(31,32)28(16-5-14-26-13-3-6-22(26)29)23(30)7-4-15-27-17-12-21(25-27)19-8-10-20(24)11-9-19/h8-12,17H,2-7,13-16,18H2,1H3. The fourth-order valence-electron chi connectivity index (χ4n) is 3.91. The molecular weight excluding hydrogens is 464 g/mol. The van der Waals surface area contributed by atoms with Crippen LogP contribution in [0.3, 0.4) is 0 Å². The van der Waals surface area contributed by atoms with Crippen LogP contribution in [0.5, 0.6) is 0 Å². The first-order valence-electron chi connectivity index (χ1n) is 11.4. The maximum Gasteiger partial charge on any atom is 0.237 e. The van der Waals surface area contributed by atoms with Gasteiger partial charge in [-0.1, -0.05) is 30.7 Å². The van der Waals surface area contributed by atoms with Crippen molar-refractivity contribution in [2.45, 2.75) is 52.0 Å². The summed E-state index contributed by atoms with van der Waals surface area (Å²) in [5.74, 6) is -0.367. The number of sulfonamides is 1. The Morgan fingerprint density at radius 2 is 1.91 bits per heavy atom. The van der Waals surface area contributed by atoms with Crippen LogP contribution < -0.4 is 0 Å². The predicted octanol–water partition coefficient (Wildman–Crippen LogP) is 3.56. The van der Waals surface area contributed by atoms with Gasteiger partial charge < -0.3 is 4.90 Å². The van der Waals surface area contributed by atoms with Crippen LogP contribution in [0.15, 0.2) is 36.5 Å². The fraction of sp³-hybridized carbons (Fsp3) is 0.522. The highest BCUT2D eigenvalue weighted by Crippen LogP contribution is 2.20. The van der Waals surface area contributed by atoms with Gasteiger partial charge in [0.15, 0.2) is 0 Å². The molecule has 1 aromatic carbocycles. The Hall–Kier alpha value is -2.39. The first-order chi connectivity index (χ1) is 15.8. The summed E-state index contributed by atoms with van der Waals surface area (Å²) in [5, 5.41) is 5.18. The van der Waals surface area contributed by atoms with Crippen molar-refractivity contribution in [2.24, 2.45) is 0 Å². The molecule has 0 N–H and O–H groups in total. The average Bonchev–Trinajstić information content (AvgIpc) is 3.40. The lowest BCUT2D eigenvalue weighted by atomic mass is 10.2. The number of hydrogen-bond donors (Lipinski definition) is 0. The molecule has 0 aliphatic carbocycles. The van der Waals surface area contributed by atoms with Crippen molar-refractivity contribution in [1.29, 1.82) is 0 Å². The highest BCUT2D eigenvalue weighted by atomic mass is 35.5. The van der Waals surface area contributed by atoms with Gasteiger partial charge in [0.25, 0.3) is 0 Å². The van der Waals surface area contributed by atoms with Crippen LogP contribution in [-0.4, -0.2) is 64.6 Å². The smallest absolute Gasteiger partial charge is 0.237 e. The van der Waals surface area contributed by atoms with Crippen molar-refractivity contribution in [3.63, 3.8) is 0 Å². The van der Waals surface area contributed by atoms with Crippen molar-refractivity contribution in [2.75, 3.05) is 25.4 Å². The van der Waals surface area contributed by atoms with E-state index in [1.807, 2.05) is 24.4 Å². The van der Waals surface area contributed by atoms with Gasteiger partial charge in [-0.2, -0.15) is 5.10 Å². The average molecular weight is 495 g/mol. The number of rotatable bonds is 12. The number of carbonyl (C=O) groups is 2. The van der Waals surface area contributed by atoms with Gasteiger partial charge in [-0.25, -0.2) is 12.7 Å². The van der Waals surface area contributed by atoms with Crippen molar-refractivity contribution >= 4 is 33.4 Å². The number of carbonyl (C=O) groups excluding carboxylic acids is 2. The molecule has 180 valence electrons. The third-order valence-corrected chi connectivity index (χ3v) is 7.83. The molecule has 0 atom stereocenters. The van der Waals surface area contributed by atoms with Crippen molar-refractivity contribution in [3.8, 4) is 11.3 Å². The molecule has 1 aliphatic heterocycles. The molecule has 1 saturated heterocycles. The van der Waals surface area contributed by atoms with E-state index >= 15 is 0 Å². The van der Waals surface area contributed by atoms with Gasteiger partial charge in [0.2, 0.25) is 21.8 Å². The Labute approximate surface area is 200 Å². The summed E-state index contributed by atoms with van der Waals surface area (Å²) in [5.41, 5.74) is 1.75. The second-order valence-corrected chi connectivity index (χ2v) is 10.6. The van der Waals surface area contributed by atoms with Gasteiger partial charge in [-0.3, -0.25) is 14.3 Å².